The summed E-state index contributed by atoms with van der Waals surface area (Å²) in [5.74, 6) is -0.468. The van der Waals surface area contributed by atoms with Crippen LogP contribution < -0.4 is 14.8 Å². The molecule has 0 saturated carbocycles. The van der Waals surface area contributed by atoms with Gasteiger partial charge in [-0.15, -0.1) is 0 Å². The van der Waals surface area contributed by atoms with Crippen molar-refractivity contribution in [3.8, 4) is 11.5 Å². The first-order valence-corrected chi connectivity index (χ1v) is 9.24. The average Bonchev–Trinajstić information content (AvgIpc) is 2.89. The average molecular weight is 372 g/mol. The van der Waals surface area contributed by atoms with Gasteiger partial charge >= 0.3 is 0 Å². The molecule has 1 heterocycles. The van der Waals surface area contributed by atoms with Crippen LogP contribution in [0.1, 0.15) is 26.7 Å². The first-order valence-electron chi connectivity index (χ1n) is 9.24. The van der Waals surface area contributed by atoms with Crippen molar-refractivity contribution in [3.05, 3.63) is 30.4 Å². The maximum Gasteiger partial charge on any atom is 0.244 e. The Kier molecular flexibility index (Phi) is 5.78. The lowest BCUT2D eigenvalue weighted by atomic mass is 9.85. The van der Waals surface area contributed by atoms with Gasteiger partial charge in [-0.25, -0.2) is 0 Å². The molecular formula is C20H24N2O5. The van der Waals surface area contributed by atoms with Crippen LogP contribution in [0, 0.1) is 11.8 Å². The Morgan fingerprint density at radius 2 is 1.63 bits per heavy atom. The van der Waals surface area contributed by atoms with Crippen molar-refractivity contribution in [2.45, 2.75) is 26.7 Å². The number of hydrogen-bond donors (Lipinski definition) is 1. The monoisotopic (exact) mass is 372 g/mol. The van der Waals surface area contributed by atoms with Crippen molar-refractivity contribution in [2.24, 2.45) is 11.8 Å². The normalized spacial score (nSPS) is 21.2. The van der Waals surface area contributed by atoms with Crippen LogP contribution in [-0.2, 0) is 14.4 Å². The van der Waals surface area contributed by atoms with Gasteiger partial charge in [0.15, 0.2) is 11.5 Å². The van der Waals surface area contributed by atoms with Gasteiger partial charge in [0.05, 0.1) is 25.0 Å². The number of benzene rings is 1. The number of imide groups is 1. The van der Waals surface area contributed by atoms with E-state index in [9.17, 15) is 14.4 Å². The molecule has 144 valence electrons. The number of fused-ring (bicyclic) bond motifs is 1. The minimum absolute atomic E-state index is 0.258. The molecule has 0 unspecified atom stereocenters. The van der Waals surface area contributed by atoms with E-state index in [1.165, 1.54) is 0 Å². The second-order valence-electron chi connectivity index (χ2n) is 6.49. The van der Waals surface area contributed by atoms with E-state index in [0.29, 0.717) is 43.2 Å². The lowest BCUT2D eigenvalue weighted by molar-refractivity contribution is -0.142. The molecule has 0 bridgehead atoms. The fourth-order valence-corrected chi connectivity index (χ4v) is 3.50. The highest BCUT2D eigenvalue weighted by molar-refractivity contribution is 6.08. The molecule has 1 aromatic carbocycles. The Balaban J connectivity index is 1.66. The van der Waals surface area contributed by atoms with E-state index in [4.69, 9.17) is 9.47 Å². The van der Waals surface area contributed by atoms with Crippen LogP contribution in [0.25, 0.3) is 0 Å². The molecule has 0 spiro atoms. The van der Waals surface area contributed by atoms with Crippen LogP contribution >= 0.6 is 0 Å². The van der Waals surface area contributed by atoms with Crippen LogP contribution in [0.5, 0.6) is 11.5 Å². The molecule has 1 fully saturated rings. The van der Waals surface area contributed by atoms with Gasteiger partial charge in [0.25, 0.3) is 0 Å². The van der Waals surface area contributed by atoms with Crippen LogP contribution in [0.2, 0.25) is 0 Å². The molecule has 2 aliphatic rings. The Morgan fingerprint density at radius 1 is 1.04 bits per heavy atom. The first-order chi connectivity index (χ1) is 13.0. The Morgan fingerprint density at radius 3 is 2.22 bits per heavy atom. The summed E-state index contributed by atoms with van der Waals surface area (Å²) in [7, 11) is 0. The lowest BCUT2D eigenvalue weighted by Gasteiger charge is -2.16. The molecule has 2 atom stereocenters. The minimum atomic E-state index is -0.421. The van der Waals surface area contributed by atoms with E-state index in [1.54, 1.807) is 18.2 Å². The lowest BCUT2D eigenvalue weighted by Crippen LogP contribution is -2.38. The maximum absolute atomic E-state index is 12.4. The summed E-state index contributed by atoms with van der Waals surface area (Å²) in [6.45, 7) is 4.43. The highest BCUT2D eigenvalue weighted by Gasteiger charge is 2.47. The summed E-state index contributed by atoms with van der Waals surface area (Å²) in [5, 5.41) is 2.72. The predicted octanol–water partition coefficient (Wildman–Crippen LogP) is 2.37. The highest BCUT2D eigenvalue weighted by Crippen LogP contribution is 2.35. The fourth-order valence-electron chi connectivity index (χ4n) is 3.50. The van der Waals surface area contributed by atoms with Crippen LogP contribution in [0.15, 0.2) is 30.4 Å². The molecule has 1 aliphatic carbocycles. The zero-order valence-electron chi connectivity index (χ0n) is 15.6. The van der Waals surface area contributed by atoms with Gasteiger partial charge in [-0.1, -0.05) is 12.2 Å². The minimum Gasteiger partial charge on any atom is -0.490 e. The van der Waals surface area contributed by atoms with Gasteiger partial charge in [0, 0.05) is 11.8 Å². The number of nitrogens with zero attached hydrogens (tertiary/aromatic N) is 1. The number of allylic oxidation sites excluding steroid dienone is 2. The molecule has 1 aliphatic heterocycles. The molecular weight excluding hydrogens is 348 g/mol. The number of anilines is 1. The topological polar surface area (TPSA) is 84.9 Å². The van der Waals surface area contributed by atoms with E-state index in [0.717, 1.165) is 4.90 Å². The Bertz CT molecular complexity index is 748. The Hall–Kier alpha value is -2.83. The van der Waals surface area contributed by atoms with E-state index in [-0.39, 0.29) is 30.2 Å². The molecule has 0 aromatic heterocycles. The summed E-state index contributed by atoms with van der Waals surface area (Å²) in [6, 6.07) is 5.09. The number of amides is 3. The number of hydrogen-bond acceptors (Lipinski definition) is 5. The van der Waals surface area contributed by atoms with Crippen molar-refractivity contribution in [2.75, 3.05) is 25.1 Å². The molecule has 1 N–H and O–H groups in total. The van der Waals surface area contributed by atoms with Crippen molar-refractivity contribution in [3.63, 3.8) is 0 Å². The van der Waals surface area contributed by atoms with Crippen molar-refractivity contribution in [1.29, 1.82) is 0 Å². The van der Waals surface area contributed by atoms with Crippen molar-refractivity contribution < 1.29 is 23.9 Å². The summed E-state index contributed by atoms with van der Waals surface area (Å²) in [4.78, 5) is 38.4. The van der Waals surface area contributed by atoms with Crippen molar-refractivity contribution >= 4 is 23.4 Å². The second kappa shape index (κ2) is 8.24. The van der Waals surface area contributed by atoms with E-state index in [2.05, 4.69) is 5.32 Å². The maximum atomic E-state index is 12.4. The Labute approximate surface area is 158 Å². The molecule has 1 aromatic rings. The summed E-state index contributed by atoms with van der Waals surface area (Å²) in [5.41, 5.74) is 0.519. The summed E-state index contributed by atoms with van der Waals surface area (Å²) >= 11 is 0. The smallest absolute Gasteiger partial charge is 0.244 e. The van der Waals surface area contributed by atoms with Crippen LogP contribution in [0.3, 0.4) is 0 Å². The van der Waals surface area contributed by atoms with Gasteiger partial charge < -0.3 is 14.8 Å². The third-order valence-electron chi connectivity index (χ3n) is 4.73. The van der Waals surface area contributed by atoms with E-state index in [1.807, 2.05) is 26.0 Å². The molecule has 3 rings (SSSR count). The summed E-state index contributed by atoms with van der Waals surface area (Å²) in [6.07, 6.45) is 4.96. The van der Waals surface area contributed by atoms with Crippen molar-refractivity contribution in [1.82, 2.24) is 4.90 Å². The predicted molar refractivity (Wildman–Crippen MR) is 99.5 cm³/mol. The van der Waals surface area contributed by atoms with Crippen LogP contribution in [-0.4, -0.2) is 42.4 Å². The number of carbonyl (C=O) groups excluding carboxylic acids is 3. The fraction of sp³-hybridized carbons (Fsp3) is 0.450. The quantitative estimate of drug-likeness (QED) is 0.587. The number of ether oxygens (including phenoxy) is 2. The zero-order valence-corrected chi connectivity index (χ0v) is 15.6. The molecule has 0 radical (unpaired) electrons. The van der Waals surface area contributed by atoms with Gasteiger partial charge in [0.2, 0.25) is 17.7 Å². The first kappa shape index (κ1) is 18.9. The number of likely N-dealkylation sites (tertiary alicyclic amines) is 1. The van der Waals surface area contributed by atoms with E-state index >= 15 is 0 Å². The SMILES string of the molecule is CCOc1ccc(NC(=O)CN2C(=O)[C@H]3CC=CC[C@H]3C2=O)cc1OCC. The molecule has 3 amide bonds. The third kappa shape index (κ3) is 3.97. The second-order valence-corrected chi connectivity index (χ2v) is 6.49. The highest BCUT2D eigenvalue weighted by atomic mass is 16.5. The van der Waals surface area contributed by atoms with E-state index < -0.39 is 5.91 Å². The number of nitrogens with one attached hydrogen (secondary N) is 1. The summed E-state index contributed by atoms with van der Waals surface area (Å²) < 4.78 is 11.0. The third-order valence-corrected chi connectivity index (χ3v) is 4.73. The van der Waals surface area contributed by atoms with Gasteiger partial charge in [-0.2, -0.15) is 0 Å². The van der Waals surface area contributed by atoms with Crippen LogP contribution in [0.4, 0.5) is 5.69 Å². The molecule has 7 nitrogen and oxygen atoms in total. The molecule has 1 saturated heterocycles. The zero-order chi connectivity index (χ0) is 19.4. The number of rotatable bonds is 7. The molecule has 7 heteroatoms. The largest absolute Gasteiger partial charge is 0.490 e. The standard InChI is InChI=1S/C20H24N2O5/c1-3-26-16-10-9-13(11-17(16)27-4-2)21-18(23)12-22-19(24)14-7-5-6-8-15(14)20(22)25/h5-6,9-11,14-15H,3-4,7-8,12H2,1-2H3,(H,21,23)/t14-,15+. The van der Waals surface area contributed by atoms with Gasteiger partial charge in [0.1, 0.15) is 6.54 Å². The van der Waals surface area contributed by atoms with Gasteiger partial charge in [-0.3, -0.25) is 19.3 Å². The number of carbonyl (C=O) groups is 3. The molecule has 27 heavy (non-hydrogen) atoms. The van der Waals surface area contributed by atoms with Gasteiger partial charge in [-0.05, 0) is 38.8 Å².